The molecule has 0 radical (unpaired) electrons. The third-order valence-corrected chi connectivity index (χ3v) is 5.16. The van der Waals surface area contributed by atoms with Crippen molar-refractivity contribution >= 4 is 53.3 Å². The molecule has 0 aliphatic rings. The van der Waals surface area contributed by atoms with E-state index in [0.717, 1.165) is 6.07 Å². The molecule has 0 aliphatic carbocycles. The molecule has 2 aromatic rings. The Kier molecular flexibility index (Phi) is 4.36. The van der Waals surface area contributed by atoms with E-state index in [9.17, 15) is 12.8 Å². The average molecular weight is 424 g/mol. The zero-order valence-electron chi connectivity index (χ0n) is 9.90. The molecule has 0 bridgehead atoms. The van der Waals surface area contributed by atoms with E-state index in [4.69, 9.17) is 5.73 Å². The van der Waals surface area contributed by atoms with Gasteiger partial charge in [-0.15, -0.1) is 0 Å². The molecular formula is C12H9Br2FN2O2S. The van der Waals surface area contributed by atoms with Gasteiger partial charge in [-0.1, -0.05) is 0 Å². The minimum absolute atomic E-state index is 0.0295. The average Bonchev–Trinajstić information content (AvgIpc) is 2.37. The summed E-state index contributed by atoms with van der Waals surface area (Å²) in [6.07, 6.45) is 0. The number of nitrogens with one attached hydrogen (secondary N) is 1. The minimum Gasteiger partial charge on any atom is -0.398 e. The molecule has 0 saturated carbocycles. The molecule has 0 spiro atoms. The van der Waals surface area contributed by atoms with Gasteiger partial charge in [0.2, 0.25) is 0 Å². The van der Waals surface area contributed by atoms with E-state index in [1.165, 1.54) is 30.3 Å². The van der Waals surface area contributed by atoms with E-state index in [1.807, 2.05) is 0 Å². The molecular weight excluding hydrogens is 415 g/mol. The zero-order valence-corrected chi connectivity index (χ0v) is 13.9. The molecule has 0 heterocycles. The van der Waals surface area contributed by atoms with Crippen LogP contribution in [-0.4, -0.2) is 8.42 Å². The third kappa shape index (κ3) is 3.31. The molecule has 0 fully saturated rings. The van der Waals surface area contributed by atoms with Crippen molar-refractivity contribution in [1.29, 1.82) is 0 Å². The van der Waals surface area contributed by atoms with Gasteiger partial charge < -0.3 is 5.73 Å². The number of benzene rings is 2. The number of hydrogen-bond acceptors (Lipinski definition) is 3. The van der Waals surface area contributed by atoms with E-state index in [1.54, 1.807) is 0 Å². The normalized spacial score (nSPS) is 11.3. The topological polar surface area (TPSA) is 72.2 Å². The first-order valence-electron chi connectivity index (χ1n) is 5.32. The van der Waals surface area contributed by atoms with Crippen molar-refractivity contribution in [2.75, 3.05) is 10.5 Å². The van der Waals surface area contributed by atoms with Crippen LogP contribution < -0.4 is 10.5 Å². The smallest absolute Gasteiger partial charge is 0.261 e. The van der Waals surface area contributed by atoms with E-state index in [0.29, 0.717) is 10.2 Å². The lowest BCUT2D eigenvalue weighted by Gasteiger charge is -2.09. The molecule has 106 valence electrons. The van der Waals surface area contributed by atoms with E-state index in [-0.39, 0.29) is 15.1 Å². The first-order valence-corrected chi connectivity index (χ1v) is 8.39. The van der Waals surface area contributed by atoms with E-state index in [2.05, 4.69) is 36.6 Å². The van der Waals surface area contributed by atoms with Crippen LogP contribution in [0.5, 0.6) is 0 Å². The lowest BCUT2D eigenvalue weighted by atomic mass is 10.3. The predicted octanol–water partition coefficient (Wildman–Crippen LogP) is 3.73. The Hall–Kier alpha value is -1.12. The quantitative estimate of drug-likeness (QED) is 0.738. The Morgan fingerprint density at radius 1 is 1.05 bits per heavy atom. The molecule has 0 aliphatic heterocycles. The molecule has 8 heteroatoms. The van der Waals surface area contributed by atoms with Crippen LogP contribution in [-0.2, 0) is 10.0 Å². The van der Waals surface area contributed by atoms with Gasteiger partial charge in [0, 0.05) is 10.2 Å². The standard InChI is InChI=1S/C12H9Br2FN2O2S/c13-9-3-1-7(5-11(9)15)17-20(18,19)8-2-4-12(16)10(14)6-8/h1-6,17H,16H2. The summed E-state index contributed by atoms with van der Waals surface area (Å²) in [6, 6.07) is 8.20. The Morgan fingerprint density at radius 2 is 1.75 bits per heavy atom. The lowest BCUT2D eigenvalue weighted by molar-refractivity contribution is 0.601. The van der Waals surface area contributed by atoms with Crippen molar-refractivity contribution in [3.05, 3.63) is 51.2 Å². The molecule has 0 amide bonds. The number of sulfonamides is 1. The number of rotatable bonds is 3. The second-order valence-electron chi connectivity index (χ2n) is 3.92. The predicted molar refractivity (Wildman–Crippen MR) is 83.5 cm³/mol. The molecule has 0 saturated heterocycles. The first kappa shape index (κ1) is 15.3. The summed E-state index contributed by atoms with van der Waals surface area (Å²) in [7, 11) is -3.80. The molecule has 0 unspecified atom stereocenters. The van der Waals surface area contributed by atoms with Gasteiger partial charge in [-0.25, -0.2) is 12.8 Å². The molecule has 20 heavy (non-hydrogen) atoms. The van der Waals surface area contributed by atoms with Crippen molar-refractivity contribution in [1.82, 2.24) is 0 Å². The fourth-order valence-electron chi connectivity index (χ4n) is 1.45. The third-order valence-electron chi connectivity index (χ3n) is 2.45. The minimum atomic E-state index is -3.80. The Balaban J connectivity index is 2.35. The van der Waals surface area contributed by atoms with Crippen LogP contribution in [0.2, 0.25) is 0 Å². The summed E-state index contributed by atoms with van der Waals surface area (Å²) in [5.74, 6) is -0.552. The molecule has 2 rings (SSSR count). The Labute approximate surface area is 132 Å². The van der Waals surface area contributed by atoms with Gasteiger partial charge in [-0.2, -0.15) is 0 Å². The summed E-state index contributed by atoms with van der Waals surface area (Å²) in [5.41, 5.74) is 6.17. The number of halogens is 3. The molecule has 2 aromatic carbocycles. The van der Waals surface area contributed by atoms with Gasteiger partial charge in [0.1, 0.15) is 5.82 Å². The maximum absolute atomic E-state index is 13.4. The molecule has 4 nitrogen and oxygen atoms in total. The zero-order chi connectivity index (χ0) is 14.9. The highest BCUT2D eigenvalue weighted by Gasteiger charge is 2.16. The summed E-state index contributed by atoms with van der Waals surface area (Å²) in [4.78, 5) is 0.0295. The summed E-state index contributed by atoms with van der Waals surface area (Å²) in [5, 5.41) is 0. The van der Waals surface area contributed by atoms with Gasteiger partial charge in [0.25, 0.3) is 10.0 Å². The Morgan fingerprint density at radius 3 is 2.35 bits per heavy atom. The number of nitrogen functional groups attached to an aromatic ring is 1. The van der Waals surface area contributed by atoms with Crippen molar-refractivity contribution < 1.29 is 12.8 Å². The van der Waals surface area contributed by atoms with Crippen LogP contribution in [0.25, 0.3) is 0 Å². The van der Waals surface area contributed by atoms with Crippen molar-refractivity contribution in [2.45, 2.75) is 4.90 Å². The van der Waals surface area contributed by atoms with Crippen LogP contribution in [0, 0.1) is 5.82 Å². The maximum Gasteiger partial charge on any atom is 0.261 e. The highest BCUT2D eigenvalue weighted by Crippen LogP contribution is 2.25. The van der Waals surface area contributed by atoms with Gasteiger partial charge >= 0.3 is 0 Å². The second kappa shape index (κ2) is 5.71. The lowest BCUT2D eigenvalue weighted by Crippen LogP contribution is -2.13. The van der Waals surface area contributed by atoms with Gasteiger partial charge in [-0.3, -0.25) is 4.72 Å². The fraction of sp³-hybridized carbons (Fsp3) is 0. The van der Waals surface area contributed by atoms with E-state index >= 15 is 0 Å². The number of nitrogens with two attached hydrogens (primary N) is 1. The maximum atomic E-state index is 13.4. The fourth-order valence-corrected chi connectivity index (χ4v) is 3.30. The highest BCUT2D eigenvalue weighted by molar-refractivity contribution is 9.10. The molecule has 3 N–H and O–H groups in total. The van der Waals surface area contributed by atoms with Crippen LogP contribution >= 0.6 is 31.9 Å². The molecule has 0 atom stereocenters. The number of hydrogen-bond donors (Lipinski definition) is 2. The first-order chi connectivity index (χ1) is 9.29. The summed E-state index contributed by atoms with van der Waals surface area (Å²) >= 11 is 6.16. The van der Waals surface area contributed by atoms with Crippen LogP contribution in [0.15, 0.2) is 50.2 Å². The Bertz CT molecular complexity index is 766. The number of anilines is 2. The summed E-state index contributed by atoms with van der Waals surface area (Å²) < 4.78 is 40.7. The van der Waals surface area contributed by atoms with Crippen LogP contribution in [0.4, 0.5) is 15.8 Å². The second-order valence-corrected chi connectivity index (χ2v) is 7.31. The molecule has 0 aromatic heterocycles. The SMILES string of the molecule is Nc1ccc(S(=O)(=O)Nc2ccc(Br)c(F)c2)cc1Br. The highest BCUT2D eigenvalue weighted by atomic mass is 79.9. The monoisotopic (exact) mass is 422 g/mol. The van der Waals surface area contributed by atoms with E-state index < -0.39 is 15.8 Å². The van der Waals surface area contributed by atoms with Crippen LogP contribution in [0.3, 0.4) is 0 Å². The van der Waals surface area contributed by atoms with Gasteiger partial charge in [0.05, 0.1) is 15.1 Å². The van der Waals surface area contributed by atoms with Gasteiger partial charge in [-0.05, 0) is 68.3 Å². The van der Waals surface area contributed by atoms with Crippen molar-refractivity contribution in [2.24, 2.45) is 0 Å². The van der Waals surface area contributed by atoms with Gasteiger partial charge in [0.15, 0.2) is 0 Å². The van der Waals surface area contributed by atoms with Crippen LogP contribution in [0.1, 0.15) is 0 Å². The largest absolute Gasteiger partial charge is 0.398 e. The van der Waals surface area contributed by atoms with Crippen molar-refractivity contribution in [3.63, 3.8) is 0 Å². The van der Waals surface area contributed by atoms with Crippen molar-refractivity contribution in [3.8, 4) is 0 Å². The summed E-state index contributed by atoms with van der Waals surface area (Å²) in [6.45, 7) is 0.